The van der Waals surface area contributed by atoms with Gasteiger partial charge in [-0.2, -0.15) is 4.31 Å². The summed E-state index contributed by atoms with van der Waals surface area (Å²) >= 11 is 7.15. The van der Waals surface area contributed by atoms with Gasteiger partial charge in [0.25, 0.3) is 0 Å². The second-order valence-electron chi connectivity index (χ2n) is 3.81. The van der Waals surface area contributed by atoms with Crippen LogP contribution in [0.3, 0.4) is 0 Å². The van der Waals surface area contributed by atoms with Crippen LogP contribution in [-0.4, -0.2) is 25.8 Å². The second kappa shape index (κ2) is 5.04. The zero-order valence-corrected chi connectivity index (χ0v) is 11.2. The normalized spacial score (nSPS) is 18.8. The van der Waals surface area contributed by atoms with Crippen LogP contribution in [0.25, 0.3) is 0 Å². The van der Waals surface area contributed by atoms with Crippen LogP contribution in [0.5, 0.6) is 0 Å². The largest absolute Gasteiger partial charge is 0.244 e. The fourth-order valence-electron chi connectivity index (χ4n) is 1.90. The quantitative estimate of drug-likeness (QED) is 0.798. The Bertz CT molecular complexity index is 449. The number of hydrogen-bond donors (Lipinski definition) is 0. The van der Waals surface area contributed by atoms with Crippen LogP contribution in [0.2, 0.25) is 0 Å². The standard InChI is InChI=1S/C10H14ClNO2S2/c11-8-9-10(4-7-15-9)16(13,14)12-5-2-1-3-6-12/h4,7H,1-3,5-6,8H2. The lowest BCUT2D eigenvalue weighted by molar-refractivity contribution is 0.346. The molecule has 6 heteroatoms. The average molecular weight is 280 g/mol. The van der Waals surface area contributed by atoms with Gasteiger partial charge < -0.3 is 0 Å². The number of hydrogen-bond acceptors (Lipinski definition) is 3. The molecule has 1 saturated heterocycles. The van der Waals surface area contributed by atoms with Crippen LogP contribution in [0.4, 0.5) is 0 Å². The van der Waals surface area contributed by atoms with Crippen molar-refractivity contribution in [2.24, 2.45) is 0 Å². The summed E-state index contributed by atoms with van der Waals surface area (Å²) in [5.74, 6) is 0.264. The molecule has 3 nitrogen and oxygen atoms in total. The van der Waals surface area contributed by atoms with Crippen LogP contribution in [0.1, 0.15) is 24.1 Å². The number of piperidine rings is 1. The Balaban J connectivity index is 2.30. The highest BCUT2D eigenvalue weighted by molar-refractivity contribution is 7.89. The predicted molar refractivity (Wildman–Crippen MR) is 66.5 cm³/mol. The highest BCUT2D eigenvalue weighted by atomic mass is 35.5. The summed E-state index contributed by atoms with van der Waals surface area (Å²) in [7, 11) is -3.30. The Morgan fingerprint density at radius 3 is 2.62 bits per heavy atom. The summed E-state index contributed by atoms with van der Waals surface area (Å²) in [6.45, 7) is 1.28. The minimum absolute atomic E-state index is 0.264. The van der Waals surface area contributed by atoms with E-state index in [9.17, 15) is 8.42 Å². The molecule has 2 heterocycles. The molecule has 0 spiro atoms. The molecule has 1 aliphatic heterocycles. The summed E-state index contributed by atoms with van der Waals surface area (Å²) in [6.07, 6.45) is 3.04. The summed E-state index contributed by atoms with van der Waals surface area (Å²) in [5, 5.41) is 1.79. The molecule has 0 aromatic carbocycles. The van der Waals surface area contributed by atoms with Gasteiger partial charge >= 0.3 is 0 Å². The van der Waals surface area contributed by atoms with E-state index in [-0.39, 0.29) is 5.88 Å². The first-order valence-corrected chi connectivity index (χ1v) is 8.14. The van der Waals surface area contributed by atoms with Crippen LogP contribution in [0, 0.1) is 0 Å². The zero-order chi connectivity index (χ0) is 11.6. The summed E-state index contributed by atoms with van der Waals surface area (Å²) in [6, 6.07) is 1.66. The molecule has 0 radical (unpaired) electrons. The lowest BCUT2D eigenvalue weighted by Gasteiger charge is -2.25. The first-order valence-electron chi connectivity index (χ1n) is 5.29. The Hall–Kier alpha value is -0.100. The van der Waals surface area contributed by atoms with Gasteiger partial charge in [0.05, 0.1) is 10.8 Å². The van der Waals surface area contributed by atoms with Crippen molar-refractivity contribution in [3.63, 3.8) is 0 Å². The molecule has 0 aliphatic carbocycles. The van der Waals surface area contributed by atoms with Gasteiger partial charge in [-0.05, 0) is 24.3 Å². The molecule has 1 fully saturated rings. The maximum Gasteiger partial charge on any atom is 0.244 e. The first kappa shape index (κ1) is 12.4. The van der Waals surface area contributed by atoms with Crippen LogP contribution < -0.4 is 0 Å². The molecule has 90 valence electrons. The fourth-order valence-corrected chi connectivity index (χ4v) is 5.09. The van der Waals surface area contributed by atoms with E-state index < -0.39 is 10.0 Å². The number of sulfonamides is 1. The van der Waals surface area contributed by atoms with Gasteiger partial charge in [-0.15, -0.1) is 22.9 Å². The monoisotopic (exact) mass is 279 g/mol. The van der Waals surface area contributed by atoms with Crippen molar-refractivity contribution in [2.45, 2.75) is 30.0 Å². The lowest BCUT2D eigenvalue weighted by atomic mass is 10.2. The molecule has 1 aromatic heterocycles. The highest BCUT2D eigenvalue weighted by Crippen LogP contribution is 2.28. The minimum Gasteiger partial charge on any atom is -0.207 e. The topological polar surface area (TPSA) is 37.4 Å². The van der Waals surface area contributed by atoms with E-state index in [1.54, 1.807) is 15.8 Å². The smallest absolute Gasteiger partial charge is 0.207 e. The maximum absolute atomic E-state index is 12.3. The first-order chi connectivity index (χ1) is 7.66. The molecule has 2 rings (SSSR count). The number of alkyl halides is 1. The van der Waals surface area contributed by atoms with Gasteiger partial charge in [0.1, 0.15) is 0 Å². The predicted octanol–water partition coefficient (Wildman–Crippen LogP) is 2.66. The zero-order valence-electron chi connectivity index (χ0n) is 8.86. The molecule has 16 heavy (non-hydrogen) atoms. The molecule has 1 aromatic rings. The van der Waals surface area contributed by atoms with Crippen molar-refractivity contribution >= 4 is 33.0 Å². The van der Waals surface area contributed by atoms with Crippen LogP contribution >= 0.6 is 22.9 Å². The molecule has 0 saturated carbocycles. The van der Waals surface area contributed by atoms with Crippen LogP contribution in [0.15, 0.2) is 16.3 Å². The van der Waals surface area contributed by atoms with Gasteiger partial charge in [-0.1, -0.05) is 6.42 Å². The summed E-state index contributed by atoms with van der Waals surface area (Å²) in [4.78, 5) is 1.14. The Labute approximate surface area is 105 Å². The van der Waals surface area contributed by atoms with Crippen molar-refractivity contribution in [3.05, 3.63) is 16.3 Å². The minimum atomic E-state index is -3.30. The van der Waals surface area contributed by atoms with Gasteiger partial charge in [-0.3, -0.25) is 0 Å². The van der Waals surface area contributed by atoms with E-state index in [0.29, 0.717) is 18.0 Å². The van der Waals surface area contributed by atoms with E-state index in [1.165, 1.54) is 11.3 Å². The number of nitrogens with zero attached hydrogens (tertiary/aromatic N) is 1. The van der Waals surface area contributed by atoms with E-state index in [0.717, 1.165) is 24.1 Å². The van der Waals surface area contributed by atoms with E-state index in [1.807, 2.05) is 0 Å². The number of rotatable bonds is 3. The number of thiophene rings is 1. The van der Waals surface area contributed by atoms with E-state index in [4.69, 9.17) is 11.6 Å². The third kappa shape index (κ3) is 2.27. The Morgan fingerprint density at radius 1 is 1.31 bits per heavy atom. The van der Waals surface area contributed by atoms with Gasteiger partial charge in [0.15, 0.2) is 0 Å². The van der Waals surface area contributed by atoms with Crippen molar-refractivity contribution in [1.82, 2.24) is 4.31 Å². The molecule has 1 aliphatic rings. The van der Waals surface area contributed by atoms with Crippen molar-refractivity contribution in [1.29, 1.82) is 0 Å². The average Bonchev–Trinajstić information content (AvgIpc) is 2.79. The van der Waals surface area contributed by atoms with Gasteiger partial charge in [0, 0.05) is 18.0 Å². The van der Waals surface area contributed by atoms with Crippen molar-refractivity contribution in [2.75, 3.05) is 13.1 Å². The Morgan fingerprint density at radius 2 is 2.00 bits per heavy atom. The van der Waals surface area contributed by atoms with Gasteiger partial charge in [-0.25, -0.2) is 8.42 Å². The maximum atomic E-state index is 12.3. The number of halogens is 1. The third-order valence-corrected chi connectivity index (χ3v) is 6.22. The lowest BCUT2D eigenvalue weighted by Crippen LogP contribution is -2.35. The molecule has 0 bridgehead atoms. The molecule has 0 unspecified atom stereocenters. The Kier molecular flexibility index (Phi) is 3.89. The van der Waals surface area contributed by atoms with Crippen molar-refractivity contribution in [3.8, 4) is 0 Å². The van der Waals surface area contributed by atoms with Crippen LogP contribution in [-0.2, 0) is 15.9 Å². The molecule has 0 amide bonds. The van der Waals surface area contributed by atoms with Crippen molar-refractivity contribution < 1.29 is 8.42 Å². The van der Waals surface area contributed by atoms with Gasteiger partial charge in [0.2, 0.25) is 10.0 Å². The molecule has 0 N–H and O–H groups in total. The summed E-state index contributed by atoms with van der Waals surface area (Å²) < 4.78 is 26.2. The highest BCUT2D eigenvalue weighted by Gasteiger charge is 2.28. The second-order valence-corrected chi connectivity index (χ2v) is 6.98. The summed E-state index contributed by atoms with van der Waals surface area (Å²) in [5.41, 5.74) is 0. The molecular formula is C10H14ClNO2S2. The van der Waals surface area contributed by atoms with E-state index in [2.05, 4.69) is 0 Å². The SMILES string of the molecule is O=S(=O)(c1ccsc1CCl)N1CCCCC1. The fraction of sp³-hybridized carbons (Fsp3) is 0.600. The molecule has 0 atom stereocenters. The third-order valence-electron chi connectivity index (χ3n) is 2.76. The van der Waals surface area contributed by atoms with E-state index >= 15 is 0 Å². The molecular weight excluding hydrogens is 266 g/mol.